The van der Waals surface area contributed by atoms with Crippen LogP contribution in [0.15, 0.2) is 48.5 Å². The molecule has 0 spiro atoms. The molecule has 27 heavy (non-hydrogen) atoms. The molecule has 2 aromatic rings. The molecule has 0 atom stereocenters. The highest BCUT2D eigenvalue weighted by atomic mass is 35.5. The molecule has 1 N–H and O–H groups in total. The van der Waals surface area contributed by atoms with Gasteiger partial charge in [-0.3, -0.25) is 15.0 Å². The molecule has 0 radical (unpaired) electrons. The van der Waals surface area contributed by atoms with Gasteiger partial charge in [-0.25, -0.2) is 0 Å². The second-order valence-corrected chi connectivity index (χ2v) is 7.04. The molecular formula is C21H21ClN2O3. The monoisotopic (exact) mass is 384 g/mol. The van der Waals surface area contributed by atoms with E-state index < -0.39 is 5.97 Å². The number of methoxy groups -OCH3 is 1. The summed E-state index contributed by atoms with van der Waals surface area (Å²) in [6.07, 6.45) is 2.45. The highest BCUT2D eigenvalue weighted by Crippen LogP contribution is 2.34. The van der Waals surface area contributed by atoms with Gasteiger partial charge in [-0.05, 0) is 37.0 Å². The number of halogens is 1. The molecule has 1 aliphatic rings. The van der Waals surface area contributed by atoms with Gasteiger partial charge in [0.25, 0.3) is 0 Å². The highest BCUT2D eigenvalue weighted by molar-refractivity contribution is 6.31. The van der Waals surface area contributed by atoms with Gasteiger partial charge in [-0.15, -0.1) is 0 Å². The van der Waals surface area contributed by atoms with Crippen LogP contribution in [0.25, 0.3) is 0 Å². The van der Waals surface area contributed by atoms with Crippen LogP contribution >= 0.6 is 11.6 Å². The molecule has 0 aliphatic heterocycles. The average molecular weight is 385 g/mol. The van der Waals surface area contributed by atoms with E-state index in [0.717, 1.165) is 12.8 Å². The predicted octanol–water partition coefficient (Wildman–Crippen LogP) is 4.06. The van der Waals surface area contributed by atoms with E-state index in [9.17, 15) is 9.59 Å². The Morgan fingerprint density at radius 2 is 1.89 bits per heavy atom. The van der Waals surface area contributed by atoms with Crippen molar-refractivity contribution in [2.45, 2.75) is 19.3 Å². The van der Waals surface area contributed by atoms with Gasteiger partial charge in [0.1, 0.15) is 6.54 Å². The van der Waals surface area contributed by atoms with Gasteiger partial charge in [0.15, 0.2) is 0 Å². The Bertz CT molecular complexity index is 863. The molecule has 3 rings (SSSR count). The molecule has 5 nitrogen and oxygen atoms in total. The van der Waals surface area contributed by atoms with Crippen molar-refractivity contribution < 1.29 is 14.3 Å². The van der Waals surface area contributed by atoms with Crippen LogP contribution in [0.1, 0.15) is 30.4 Å². The van der Waals surface area contributed by atoms with E-state index in [1.54, 1.807) is 18.2 Å². The Hall–Kier alpha value is -2.66. The lowest BCUT2D eigenvalue weighted by Crippen LogP contribution is -2.37. The number of rotatable bonds is 7. The molecule has 0 heterocycles. The topological polar surface area (TPSA) is 70.5 Å². The van der Waals surface area contributed by atoms with E-state index >= 15 is 0 Å². The number of carbonyl (C=O) groups excluding carboxylic acids is 2. The minimum absolute atomic E-state index is 0.146. The van der Waals surface area contributed by atoms with Crippen molar-refractivity contribution in [1.82, 2.24) is 0 Å². The number of nitrogens with zero attached hydrogens (tertiary/aromatic N) is 1. The summed E-state index contributed by atoms with van der Waals surface area (Å²) in [6, 6.07) is 14.2. The number of nitrogens with one attached hydrogen (secondary N) is 1. The number of carbonyl (C=O) groups is 2. The summed E-state index contributed by atoms with van der Waals surface area (Å²) in [7, 11) is 1.29. The van der Waals surface area contributed by atoms with E-state index in [2.05, 4.69) is 0 Å². The predicted molar refractivity (Wildman–Crippen MR) is 106 cm³/mol. The number of hydrogen-bond acceptors (Lipinski definition) is 4. The smallest absolute Gasteiger partial charge is 0.325 e. The maximum atomic E-state index is 12.9. The maximum absolute atomic E-state index is 12.9. The summed E-state index contributed by atoms with van der Waals surface area (Å²) in [5.74, 6) is -0.277. The van der Waals surface area contributed by atoms with Gasteiger partial charge in [0, 0.05) is 22.6 Å². The van der Waals surface area contributed by atoms with Crippen molar-refractivity contribution in [3.05, 3.63) is 64.7 Å². The molecule has 0 saturated heterocycles. The summed E-state index contributed by atoms with van der Waals surface area (Å²) in [5.41, 5.74) is 1.93. The third kappa shape index (κ3) is 4.74. The Morgan fingerprint density at radius 3 is 2.52 bits per heavy atom. The van der Waals surface area contributed by atoms with Crippen molar-refractivity contribution in [2.24, 2.45) is 5.92 Å². The zero-order valence-corrected chi connectivity index (χ0v) is 15.8. The second-order valence-electron chi connectivity index (χ2n) is 6.61. The van der Waals surface area contributed by atoms with Crippen LogP contribution in [0.2, 0.25) is 5.02 Å². The number of esters is 1. The number of ether oxygens (including phenoxy) is 1. The Morgan fingerprint density at radius 1 is 1.19 bits per heavy atom. The summed E-state index contributed by atoms with van der Waals surface area (Å²) in [5, 5.41) is 9.07. The summed E-state index contributed by atoms with van der Waals surface area (Å²) in [6.45, 7) is -0.196. The van der Waals surface area contributed by atoms with Gasteiger partial charge in [0.2, 0.25) is 5.91 Å². The zero-order valence-electron chi connectivity index (χ0n) is 15.1. The Labute approximate surface area is 163 Å². The highest BCUT2D eigenvalue weighted by Gasteiger charge is 2.30. The molecule has 1 aliphatic carbocycles. The Kier molecular flexibility index (Phi) is 5.91. The molecule has 0 bridgehead atoms. The number of benzene rings is 2. The molecule has 1 amide bonds. The molecule has 6 heteroatoms. The fraction of sp³-hybridized carbons (Fsp3) is 0.286. The minimum Gasteiger partial charge on any atom is -0.468 e. The minimum atomic E-state index is -0.508. The zero-order chi connectivity index (χ0) is 19.4. The van der Waals surface area contributed by atoms with Crippen molar-refractivity contribution in [3.8, 4) is 0 Å². The van der Waals surface area contributed by atoms with Crippen LogP contribution < -0.4 is 4.90 Å². The van der Waals surface area contributed by atoms with Crippen molar-refractivity contribution in [1.29, 1.82) is 5.41 Å². The van der Waals surface area contributed by atoms with E-state index in [4.69, 9.17) is 21.7 Å². The largest absolute Gasteiger partial charge is 0.468 e. The lowest BCUT2D eigenvalue weighted by Gasteiger charge is -2.25. The van der Waals surface area contributed by atoms with Gasteiger partial charge in [-0.2, -0.15) is 0 Å². The quantitative estimate of drug-likeness (QED) is 0.578. The van der Waals surface area contributed by atoms with Crippen molar-refractivity contribution in [3.63, 3.8) is 0 Å². The van der Waals surface area contributed by atoms with E-state index in [-0.39, 0.29) is 18.2 Å². The normalized spacial score (nSPS) is 13.1. The van der Waals surface area contributed by atoms with Gasteiger partial charge < -0.3 is 9.64 Å². The van der Waals surface area contributed by atoms with Gasteiger partial charge >= 0.3 is 5.97 Å². The SMILES string of the molecule is COC(=O)CN(C(=O)CC1CC1)c1ccc(Cl)cc1C(=N)c1ccccc1. The first-order valence-corrected chi connectivity index (χ1v) is 9.18. The lowest BCUT2D eigenvalue weighted by atomic mass is 10.00. The first-order chi connectivity index (χ1) is 13.0. The molecule has 0 unspecified atom stereocenters. The average Bonchev–Trinajstić information content (AvgIpc) is 3.50. The van der Waals surface area contributed by atoms with E-state index in [1.807, 2.05) is 30.3 Å². The van der Waals surface area contributed by atoms with Crippen molar-refractivity contribution in [2.75, 3.05) is 18.6 Å². The Balaban J connectivity index is 2.01. The van der Waals surface area contributed by atoms with E-state index in [1.165, 1.54) is 12.0 Å². The second kappa shape index (κ2) is 8.35. The summed E-state index contributed by atoms with van der Waals surface area (Å²) < 4.78 is 4.77. The van der Waals surface area contributed by atoms with Crippen LogP contribution in [0.3, 0.4) is 0 Å². The third-order valence-electron chi connectivity index (χ3n) is 4.56. The molecule has 1 fully saturated rings. The van der Waals surface area contributed by atoms with Crippen LogP contribution in [-0.2, 0) is 14.3 Å². The van der Waals surface area contributed by atoms with Gasteiger partial charge in [-0.1, -0.05) is 41.9 Å². The van der Waals surface area contributed by atoms with Crippen LogP contribution in [0, 0.1) is 11.3 Å². The number of anilines is 1. The van der Waals surface area contributed by atoms with E-state index in [0.29, 0.717) is 34.2 Å². The van der Waals surface area contributed by atoms with Crippen molar-refractivity contribution >= 4 is 34.9 Å². The molecule has 2 aromatic carbocycles. The molecule has 1 saturated carbocycles. The van der Waals surface area contributed by atoms with Crippen LogP contribution in [0.5, 0.6) is 0 Å². The number of amides is 1. The number of hydrogen-bond donors (Lipinski definition) is 1. The first kappa shape index (κ1) is 19.1. The molecular weight excluding hydrogens is 364 g/mol. The lowest BCUT2D eigenvalue weighted by molar-refractivity contribution is -0.140. The van der Waals surface area contributed by atoms with Gasteiger partial charge in [0.05, 0.1) is 18.5 Å². The first-order valence-electron chi connectivity index (χ1n) is 8.80. The summed E-state index contributed by atoms with van der Waals surface area (Å²) >= 11 is 6.17. The van der Waals surface area contributed by atoms with Crippen LogP contribution in [0.4, 0.5) is 5.69 Å². The fourth-order valence-electron chi connectivity index (χ4n) is 2.88. The van der Waals surface area contributed by atoms with Crippen LogP contribution in [-0.4, -0.2) is 31.2 Å². The maximum Gasteiger partial charge on any atom is 0.325 e. The summed E-state index contributed by atoms with van der Waals surface area (Å²) in [4.78, 5) is 26.2. The fourth-order valence-corrected chi connectivity index (χ4v) is 3.06. The third-order valence-corrected chi connectivity index (χ3v) is 4.79. The molecule has 140 valence electrons. The molecule has 0 aromatic heterocycles. The standard InChI is InChI=1S/C21H21ClN2O3/c1-27-20(26)13-24(19(25)11-14-7-8-14)18-10-9-16(22)12-17(18)21(23)15-5-3-2-4-6-15/h2-6,9-10,12,14,23H,7-8,11,13H2,1H3.